The number of carbonyl (C=O) groups is 1. The molecule has 2 saturated heterocycles. The number of hydrogen-bond donors (Lipinski definition) is 0. The van der Waals surface area contributed by atoms with Crippen LogP contribution in [0.15, 0.2) is 24.3 Å². The summed E-state index contributed by atoms with van der Waals surface area (Å²) in [4.78, 5) is 12.2. The van der Waals surface area contributed by atoms with Gasteiger partial charge in [-0.25, -0.2) is 4.79 Å². The largest absolute Gasteiger partial charge is 0.494 e. The molecule has 25 heavy (non-hydrogen) atoms. The maximum absolute atomic E-state index is 12.2. The zero-order valence-corrected chi connectivity index (χ0v) is 15.7. The van der Waals surface area contributed by atoms with Crippen LogP contribution in [0.25, 0.3) is 0 Å². The third-order valence-corrected chi connectivity index (χ3v) is 6.13. The third kappa shape index (κ3) is 4.35. The fraction of sp³-hybridized carbons (Fsp3) is 0.667. The molecule has 0 spiro atoms. The number of nitrogens with zero attached hydrogens (tertiary/aromatic N) is 1. The summed E-state index contributed by atoms with van der Waals surface area (Å²) in [6.45, 7) is 5.76. The predicted octanol–water partition coefficient (Wildman–Crippen LogP) is 4.04. The lowest BCUT2D eigenvalue weighted by molar-refractivity contribution is -0.947. The first kappa shape index (κ1) is 18.2. The quantitative estimate of drug-likeness (QED) is 0.576. The molecule has 2 fully saturated rings. The molecule has 2 aliphatic heterocycles. The number of carbonyl (C=O) groups excluding carboxylic acids is 1. The minimum atomic E-state index is -0.222. The van der Waals surface area contributed by atoms with Crippen LogP contribution in [-0.4, -0.2) is 49.8 Å². The molecule has 2 aliphatic rings. The van der Waals surface area contributed by atoms with Crippen molar-refractivity contribution in [3.63, 3.8) is 0 Å². The Morgan fingerprint density at radius 3 is 2.64 bits per heavy atom. The van der Waals surface area contributed by atoms with Crippen molar-refractivity contribution in [2.45, 2.75) is 51.5 Å². The summed E-state index contributed by atoms with van der Waals surface area (Å²) in [5.41, 5.74) is 0.602. The number of hydrogen-bond acceptors (Lipinski definition) is 3. The molecular weight excluding hydrogens is 314 g/mol. The molecule has 3 rings (SSSR count). The summed E-state index contributed by atoms with van der Waals surface area (Å²) in [6.07, 6.45) is 7.67. The van der Waals surface area contributed by atoms with Gasteiger partial charge in [-0.1, -0.05) is 0 Å². The monoisotopic (exact) mass is 346 g/mol. The molecule has 0 aliphatic carbocycles. The standard InChI is InChI=1S/C21H32NO3/c1-3-24-19-11-9-18(10-12-19)21(23)25-16-13-17-7-6-15-22(2)14-5-4-8-20(17)22/h9-12,17,20H,3-8,13-16H2,1-2H3/q+1. The van der Waals surface area contributed by atoms with Gasteiger partial charge in [0, 0.05) is 5.92 Å². The molecule has 1 aromatic carbocycles. The van der Waals surface area contributed by atoms with E-state index in [0.29, 0.717) is 24.7 Å². The second-order valence-corrected chi connectivity index (χ2v) is 7.77. The fourth-order valence-corrected chi connectivity index (χ4v) is 4.81. The van der Waals surface area contributed by atoms with Crippen molar-refractivity contribution in [2.24, 2.45) is 5.92 Å². The average molecular weight is 346 g/mol. The minimum Gasteiger partial charge on any atom is -0.494 e. The minimum absolute atomic E-state index is 0.222. The lowest BCUT2D eigenvalue weighted by atomic mass is 9.80. The van der Waals surface area contributed by atoms with Gasteiger partial charge in [-0.05, 0) is 69.7 Å². The summed E-state index contributed by atoms with van der Waals surface area (Å²) in [5.74, 6) is 1.27. The van der Waals surface area contributed by atoms with Crippen molar-refractivity contribution in [1.82, 2.24) is 0 Å². The predicted molar refractivity (Wildman–Crippen MR) is 98.8 cm³/mol. The lowest BCUT2D eigenvalue weighted by Gasteiger charge is -2.51. The number of quaternary nitrogens is 1. The first-order chi connectivity index (χ1) is 12.1. The highest BCUT2D eigenvalue weighted by Crippen LogP contribution is 2.37. The van der Waals surface area contributed by atoms with E-state index in [1.165, 1.54) is 49.7 Å². The van der Waals surface area contributed by atoms with E-state index in [1.54, 1.807) is 12.1 Å². The van der Waals surface area contributed by atoms with Crippen LogP contribution in [0, 0.1) is 5.92 Å². The Bertz CT molecular complexity index is 567. The van der Waals surface area contributed by atoms with Gasteiger partial charge in [-0.2, -0.15) is 0 Å². The number of rotatable bonds is 6. The molecule has 0 amide bonds. The van der Waals surface area contributed by atoms with Gasteiger partial charge >= 0.3 is 5.97 Å². The van der Waals surface area contributed by atoms with Gasteiger partial charge in [0.05, 0.1) is 45.0 Å². The van der Waals surface area contributed by atoms with E-state index in [4.69, 9.17) is 9.47 Å². The molecule has 0 saturated carbocycles. The topological polar surface area (TPSA) is 35.5 Å². The first-order valence-electron chi connectivity index (χ1n) is 9.86. The van der Waals surface area contributed by atoms with Crippen molar-refractivity contribution in [3.05, 3.63) is 29.8 Å². The van der Waals surface area contributed by atoms with E-state index in [1.807, 2.05) is 19.1 Å². The third-order valence-electron chi connectivity index (χ3n) is 6.13. The summed E-state index contributed by atoms with van der Waals surface area (Å²) >= 11 is 0. The second-order valence-electron chi connectivity index (χ2n) is 7.77. The molecule has 138 valence electrons. The van der Waals surface area contributed by atoms with E-state index in [2.05, 4.69) is 7.05 Å². The van der Waals surface area contributed by atoms with Crippen LogP contribution in [0.2, 0.25) is 0 Å². The number of benzene rings is 1. The van der Waals surface area contributed by atoms with E-state index < -0.39 is 0 Å². The molecule has 0 N–H and O–H groups in total. The van der Waals surface area contributed by atoms with Crippen LogP contribution < -0.4 is 4.74 Å². The molecule has 0 aromatic heterocycles. The Hall–Kier alpha value is -1.55. The van der Waals surface area contributed by atoms with Gasteiger partial charge in [-0.15, -0.1) is 0 Å². The summed E-state index contributed by atoms with van der Waals surface area (Å²) in [6, 6.07) is 7.98. The first-order valence-corrected chi connectivity index (χ1v) is 9.86. The molecular formula is C21H32NO3+. The second kappa shape index (κ2) is 8.22. The van der Waals surface area contributed by atoms with Crippen molar-refractivity contribution >= 4 is 5.97 Å². The molecule has 4 heteroatoms. The Balaban J connectivity index is 1.49. The van der Waals surface area contributed by atoms with Crippen LogP contribution in [-0.2, 0) is 4.74 Å². The van der Waals surface area contributed by atoms with Crippen molar-refractivity contribution in [2.75, 3.05) is 33.4 Å². The van der Waals surface area contributed by atoms with Gasteiger partial charge in [-0.3, -0.25) is 0 Å². The highest BCUT2D eigenvalue weighted by Gasteiger charge is 2.43. The van der Waals surface area contributed by atoms with E-state index in [9.17, 15) is 4.79 Å². The molecule has 3 unspecified atom stereocenters. The van der Waals surface area contributed by atoms with Gasteiger partial charge in [0.1, 0.15) is 5.75 Å². The molecule has 1 aromatic rings. The zero-order chi connectivity index (χ0) is 17.7. The van der Waals surface area contributed by atoms with Crippen molar-refractivity contribution < 1.29 is 18.8 Å². The van der Waals surface area contributed by atoms with Crippen LogP contribution >= 0.6 is 0 Å². The normalized spacial score (nSPS) is 28.9. The summed E-state index contributed by atoms with van der Waals surface area (Å²) in [5, 5.41) is 0. The van der Waals surface area contributed by atoms with Crippen LogP contribution in [0.1, 0.15) is 55.8 Å². The van der Waals surface area contributed by atoms with E-state index >= 15 is 0 Å². The maximum Gasteiger partial charge on any atom is 0.338 e. The van der Waals surface area contributed by atoms with Crippen molar-refractivity contribution in [1.29, 1.82) is 0 Å². The SMILES string of the molecule is CCOc1ccc(C(=O)OCCC2CCC[N+]3(C)CCCCC23)cc1. The van der Waals surface area contributed by atoms with Gasteiger partial charge in [0.2, 0.25) is 0 Å². The zero-order valence-electron chi connectivity index (χ0n) is 15.7. The Labute approximate surface area is 151 Å². The number of ether oxygens (including phenoxy) is 2. The van der Waals surface area contributed by atoms with Gasteiger partial charge < -0.3 is 14.0 Å². The van der Waals surface area contributed by atoms with Crippen LogP contribution in [0.3, 0.4) is 0 Å². The highest BCUT2D eigenvalue weighted by atomic mass is 16.5. The fourth-order valence-electron chi connectivity index (χ4n) is 4.81. The molecule has 0 radical (unpaired) electrons. The maximum atomic E-state index is 12.2. The summed E-state index contributed by atoms with van der Waals surface area (Å²) in [7, 11) is 2.43. The Morgan fingerprint density at radius 2 is 1.88 bits per heavy atom. The number of esters is 1. The Morgan fingerprint density at radius 1 is 1.12 bits per heavy atom. The van der Waals surface area contributed by atoms with Gasteiger partial charge in [0.25, 0.3) is 0 Å². The Kier molecular flexibility index (Phi) is 6.00. The molecule has 3 atom stereocenters. The lowest BCUT2D eigenvalue weighted by Crippen LogP contribution is -2.60. The smallest absolute Gasteiger partial charge is 0.338 e. The summed E-state index contributed by atoms with van der Waals surface area (Å²) < 4.78 is 12.2. The molecule has 2 heterocycles. The molecule has 0 bridgehead atoms. The number of piperidine rings is 2. The van der Waals surface area contributed by atoms with Crippen LogP contribution in [0.4, 0.5) is 0 Å². The molecule has 4 nitrogen and oxygen atoms in total. The average Bonchev–Trinajstić information content (AvgIpc) is 2.62. The van der Waals surface area contributed by atoms with Gasteiger partial charge in [0.15, 0.2) is 0 Å². The van der Waals surface area contributed by atoms with Crippen LogP contribution in [0.5, 0.6) is 5.75 Å². The van der Waals surface area contributed by atoms with E-state index in [-0.39, 0.29) is 5.97 Å². The van der Waals surface area contributed by atoms with E-state index in [0.717, 1.165) is 18.2 Å². The number of fused-ring (bicyclic) bond motifs is 1. The highest BCUT2D eigenvalue weighted by molar-refractivity contribution is 5.89. The van der Waals surface area contributed by atoms with Crippen molar-refractivity contribution in [3.8, 4) is 5.75 Å².